The second-order valence-electron chi connectivity index (χ2n) is 5.81. The molecule has 0 aliphatic carbocycles. The number of ether oxygens (including phenoxy) is 1. The molecule has 0 saturated carbocycles. The minimum absolute atomic E-state index is 0.257. The summed E-state index contributed by atoms with van der Waals surface area (Å²) in [7, 11) is 1.56. The van der Waals surface area contributed by atoms with Gasteiger partial charge in [-0.15, -0.1) is 0 Å². The second-order valence-corrected chi connectivity index (χ2v) is 7.03. The van der Waals surface area contributed by atoms with Crippen LogP contribution in [0.1, 0.15) is 21.5 Å². The van der Waals surface area contributed by atoms with E-state index in [-0.39, 0.29) is 11.7 Å². The van der Waals surface area contributed by atoms with Gasteiger partial charge < -0.3 is 10.1 Å². The average Bonchev–Trinajstić information content (AvgIpc) is 2.97. The Labute approximate surface area is 171 Å². The van der Waals surface area contributed by atoms with Crippen LogP contribution in [0.2, 0.25) is 15.1 Å². The average molecular weight is 425 g/mol. The molecule has 1 heterocycles. The molecule has 0 aliphatic rings. The molecule has 0 atom stereocenters. The van der Waals surface area contributed by atoms with Gasteiger partial charge in [-0.3, -0.25) is 9.48 Å². The van der Waals surface area contributed by atoms with Crippen molar-refractivity contribution in [3.63, 3.8) is 0 Å². The molecule has 0 spiro atoms. The maximum absolute atomic E-state index is 12.6. The highest BCUT2D eigenvalue weighted by molar-refractivity contribution is 6.36. The van der Waals surface area contributed by atoms with Crippen LogP contribution in [-0.4, -0.2) is 22.8 Å². The zero-order valence-corrected chi connectivity index (χ0v) is 16.9. The Bertz CT molecular complexity index is 982. The predicted molar refractivity (Wildman–Crippen MR) is 108 cm³/mol. The molecule has 0 radical (unpaired) electrons. The van der Waals surface area contributed by atoms with E-state index in [0.29, 0.717) is 32.9 Å². The van der Waals surface area contributed by atoms with E-state index in [1.54, 1.807) is 54.4 Å². The smallest absolute Gasteiger partial charge is 0.257 e. The minimum atomic E-state index is -0.325. The highest BCUT2D eigenvalue weighted by atomic mass is 35.5. The molecule has 0 fully saturated rings. The lowest BCUT2D eigenvalue weighted by Gasteiger charge is -2.10. The normalized spacial score (nSPS) is 10.7. The molecule has 0 aliphatic heterocycles. The first-order chi connectivity index (χ1) is 12.9. The number of nitrogens with one attached hydrogen (secondary N) is 1. The molecular weight excluding hydrogens is 409 g/mol. The number of aromatic nitrogens is 2. The van der Waals surface area contributed by atoms with Crippen LogP contribution in [-0.2, 0) is 6.54 Å². The molecule has 3 aromatic rings. The maximum Gasteiger partial charge on any atom is 0.257 e. The van der Waals surface area contributed by atoms with Crippen molar-refractivity contribution in [3.05, 3.63) is 74.4 Å². The van der Waals surface area contributed by atoms with Crippen molar-refractivity contribution in [1.82, 2.24) is 9.78 Å². The lowest BCUT2D eigenvalue weighted by atomic mass is 10.1. The van der Waals surface area contributed by atoms with Crippen LogP contribution in [0.5, 0.6) is 5.75 Å². The van der Waals surface area contributed by atoms with Gasteiger partial charge in [0, 0.05) is 32.9 Å². The summed E-state index contributed by atoms with van der Waals surface area (Å²) in [6.07, 6.45) is 1.61. The fourth-order valence-corrected chi connectivity index (χ4v) is 3.38. The van der Waals surface area contributed by atoms with Crippen molar-refractivity contribution in [1.29, 1.82) is 0 Å². The van der Waals surface area contributed by atoms with Crippen molar-refractivity contribution in [2.24, 2.45) is 0 Å². The van der Waals surface area contributed by atoms with Crippen LogP contribution in [0.4, 0.5) is 5.82 Å². The van der Waals surface area contributed by atoms with Gasteiger partial charge in [0.25, 0.3) is 5.91 Å². The minimum Gasteiger partial charge on any atom is -0.496 e. The van der Waals surface area contributed by atoms with Gasteiger partial charge >= 0.3 is 0 Å². The Hall–Kier alpha value is -2.21. The number of carbonyl (C=O) groups excluding carboxylic acids is 1. The number of hydrogen-bond acceptors (Lipinski definition) is 3. The van der Waals surface area contributed by atoms with Gasteiger partial charge in [-0.05, 0) is 31.2 Å². The van der Waals surface area contributed by atoms with Gasteiger partial charge in [0.15, 0.2) is 5.82 Å². The number of halogens is 3. The number of carbonyl (C=O) groups is 1. The summed E-state index contributed by atoms with van der Waals surface area (Å²) in [5.74, 6) is 0.564. The first-order valence-corrected chi connectivity index (χ1v) is 9.15. The molecule has 1 amide bonds. The fraction of sp³-hybridized carbons (Fsp3) is 0.158. The summed E-state index contributed by atoms with van der Waals surface area (Å²) in [5.41, 5.74) is 1.94. The molecule has 1 aromatic heterocycles. The van der Waals surface area contributed by atoms with Gasteiger partial charge in [0.1, 0.15) is 10.8 Å². The third kappa shape index (κ3) is 4.21. The maximum atomic E-state index is 12.6. The van der Waals surface area contributed by atoms with E-state index in [1.807, 2.05) is 6.92 Å². The summed E-state index contributed by atoms with van der Waals surface area (Å²) in [4.78, 5) is 12.6. The number of methoxy groups -OCH3 is 1. The molecule has 0 saturated heterocycles. The van der Waals surface area contributed by atoms with E-state index < -0.39 is 0 Å². The molecule has 2 aromatic carbocycles. The van der Waals surface area contributed by atoms with Gasteiger partial charge in [-0.1, -0.05) is 46.9 Å². The van der Waals surface area contributed by atoms with Crippen molar-refractivity contribution in [2.45, 2.75) is 13.5 Å². The molecule has 5 nitrogen and oxygen atoms in total. The predicted octanol–water partition coefficient (Wildman–Crippen LogP) is 5.46. The van der Waals surface area contributed by atoms with Crippen LogP contribution in [0.25, 0.3) is 0 Å². The Morgan fingerprint density at radius 1 is 1.11 bits per heavy atom. The Morgan fingerprint density at radius 2 is 1.78 bits per heavy atom. The van der Waals surface area contributed by atoms with E-state index in [0.717, 1.165) is 11.1 Å². The SMILES string of the molecule is COc1cccc(C(=O)Nc2nn(Cc3c(Cl)cccc3Cl)cc2Cl)c1C. The van der Waals surface area contributed by atoms with E-state index in [9.17, 15) is 4.79 Å². The van der Waals surface area contributed by atoms with Crippen LogP contribution in [0, 0.1) is 6.92 Å². The van der Waals surface area contributed by atoms with Gasteiger partial charge in [-0.25, -0.2) is 0 Å². The molecule has 27 heavy (non-hydrogen) atoms. The molecule has 0 unspecified atom stereocenters. The van der Waals surface area contributed by atoms with Crippen molar-refractivity contribution in [3.8, 4) is 5.75 Å². The zero-order chi connectivity index (χ0) is 19.6. The standard InChI is InChI=1S/C19H16Cl3N3O2/c1-11-12(5-3-8-17(11)27-2)19(26)23-18-16(22)10-25(24-18)9-13-14(20)6-4-7-15(13)21/h3-8,10H,9H2,1-2H3,(H,23,24,26). The van der Waals surface area contributed by atoms with E-state index >= 15 is 0 Å². The van der Waals surface area contributed by atoms with Crippen molar-refractivity contribution in [2.75, 3.05) is 12.4 Å². The first-order valence-electron chi connectivity index (χ1n) is 8.01. The quantitative estimate of drug-likeness (QED) is 0.591. The second kappa shape index (κ2) is 8.21. The lowest BCUT2D eigenvalue weighted by Crippen LogP contribution is -2.15. The highest BCUT2D eigenvalue weighted by Gasteiger charge is 2.16. The summed E-state index contributed by atoms with van der Waals surface area (Å²) < 4.78 is 6.82. The number of hydrogen-bond donors (Lipinski definition) is 1. The summed E-state index contributed by atoms with van der Waals surface area (Å²) >= 11 is 18.6. The molecule has 1 N–H and O–H groups in total. The van der Waals surface area contributed by atoms with Crippen LogP contribution in [0.15, 0.2) is 42.6 Å². The van der Waals surface area contributed by atoms with Crippen LogP contribution in [0.3, 0.4) is 0 Å². The van der Waals surface area contributed by atoms with Crippen LogP contribution >= 0.6 is 34.8 Å². The Morgan fingerprint density at radius 3 is 2.44 bits per heavy atom. The third-order valence-corrected chi connectivity index (χ3v) is 5.06. The van der Waals surface area contributed by atoms with Gasteiger partial charge in [0.2, 0.25) is 0 Å². The third-order valence-electron chi connectivity index (χ3n) is 4.08. The van der Waals surface area contributed by atoms with Crippen molar-refractivity contribution >= 4 is 46.5 Å². The Kier molecular flexibility index (Phi) is 5.95. The summed E-state index contributed by atoms with van der Waals surface area (Å²) in [5, 5.41) is 8.44. The molecule has 0 bridgehead atoms. The van der Waals surface area contributed by atoms with E-state index in [2.05, 4.69) is 10.4 Å². The van der Waals surface area contributed by atoms with Crippen molar-refractivity contribution < 1.29 is 9.53 Å². The zero-order valence-electron chi connectivity index (χ0n) is 14.6. The number of anilines is 1. The van der Waals surface area contributed by atoms with Gasteiger partial charge in [-0.2, -0.15) is 5.10 Å². The van der Waals surface area contributed by atoms with Crippen LogP contribution < -0.4 is 10.1 Å². The molecule has 8 heteroatoms. The van der Waals surface area contributed by atoms with Gasteiger partial charge in [0.05, 0.1) is 13.7 Å². The number of amides is 1. The first kappa shape index (κ1) is 19.5. The van der Waals surface area contributed by atoms with E-state index in [4.69, 9.17) is 39.5 Å². The number of nitrogens with zero attached hydrogens (tertiary/aromatic N) is 2. The monoisotopic (exact) mass is 423 g/mol. The topological polar surface area (TPSA) is 56.1 Å². The van der Waals surface area contributed by atoms with E-state index in [1.165, 1.54) is 0 Å². The fourth-order valence-electron chi connectivity index (χ4n) is 2.66. The summed E-state index contributed by atoms with van der Waals surface area (Å²) in [6.45, 7) is 2.14. The highest BCUT2D eigenvalue weighted by Crippen LogP contribution is 2.27. The molecule has 140 valence electrons. The summed E-state index contributed by atoms with van der Waals surface area (Å²) in [6, 6.07) is 10.5. The largest absolute Gasteiger partial charge is 0.496 e. The molecular formula is C19H16Cl3N3O2. The lowest BCUT2D eigenvalue weighted by molar-refractivity contribution is 0.102. The Balaban J connectivity index is 1.82. The molecule has 3 rings (SSSR count). The number of rotatable bonds is 5. The number of benzene rings is 2.